The molecule has 0 bridgehead atoms. The Morgan fingerprint density at radius 3 is 2.67 bits per heavy atom. The minimum absolute atomic E-state index is 0.0155. The molecule has 0 fully saturated rings. The fourth-order valence-electron chi connectivity index (χ4n) is 1.30. The van der Waals surface area contributed by atoms with E-state index in [1.807, 2.05) is 0 Å². The van der Waals surface area contributed by atoms with Crippen LogP contribution in [0, 0.1) is 0 Å². The first-order valence-corrected chi connectivity index (χ1v) is 6.94. The lowest BCUT2D eigenvalue weighted by Gasteiger charge is -2.10. The lowest BCUT2D eigenvalue weighted by atomic mass is 10.2. The van der Waals surface area contributed by atoms with E-state index in [4.69, 9.17) is 0 Å². The van der Waals surface area contributed by atoms with Crippen molar-refractivity contribution in [3.8, 4) is 0 Å². The van der Waals surface area contributed by atoms with Crippen LogP contribution in [0.2, 0.25) is 0 Å². The summed E-state index contributed by atoms with van der Waals surface area (Å²) in [6.45, 7) is 2.23. The number of Topliss-reactive ketones (excluding diaryl/α,β-unsaturated/α-hetero) is 1. The van der Waals surface area contributed by atoms with Gasteiger partial charge in [-0.1, -0.05) is 0 Å². The van der Waals surface area contributed by atoms with Gasteiger partial charge in [-0.3, -0.25) is 4.79 Å². The molecule has 100 valence electrons. The Labute approximate surface area is 107 Å². The van der Waals surface area contributed by atoms with E-state index in [1.165, 1.54) is 21.0 Å². The van der Waals surface area contributed by atoms with Crippen LogP contribution in [0.3, 0.4) is 0 Å². The van der Waals surface area contributed by atoms with Gasteiger partial charge in [-0.15, -0.1) is 0 Å². The summed E-state index contributed by atoms with van der Waals surface area (Å²) >= 11 is 0. The van der Waals surface area contributed by atoms with Gasteiger partial charge in [0.2, 0.25) is 0 Å². The fourth-order valence-corrected chi connectivity index (χ4v) is 1.91. The molecule has 0 unspecified atom stereocenters. The number of aromatic nitrogens is 1. The highest BCUT2D eigenvalue weighted by Gasteiger charge is 2.13. The van der Waals surface area contributed by atoms with E-state index in [0.717, 1.165) is 4.31 Å². The first-order valence-electron chi connectivity index (χ1n) is 5.50. The van der Waals surface area contributed by atoms with Crippen LogP contribution in [0.25, 0.3) is 0 Å². The highest BCUT2D eigenvalue weighted by molar-refractivity contribution is 7.87. The summed E-state index contributed by atoms with van der Waals surface area (Å²) in [4.78, 5) is 11.2. The Morgan fingerprint density at radius 2 is 2.11 bits per heavy atom. The Bertz CT molecular complexity index is 526. The van der Waals surface area contributed by atoms with Crippen molar-refractivity contribution in [3.63, 3.8) is 0 Å². The molecule has 1 rings (SSSR count). The van der Waals surface area contributed by atoms with Crippen LogP contribution >= 0.6 is 0 Å². The van der Waals surface area contributed by atoms with E-state index in [9.17, 15) is 13.2 Å². The number of carbonyl (C=O) groups is 1. The molecule has 0 aliphatic rings. The molecule has 0 saturated carbocycles. The molecule has 1 N–H and O–H groups in total. The molecule has 7 heteroatoms. The number of carbonyl (C=O) groups excluding carboxylic acids is 1. The second-order valence-electron chi connectivity index (χ2n) is 4.07. The average Bonchev–Trinajstić information content (AvgIpc) is 2.29. The molecule has 0 spiro atoms. The zero-order valence-corrected chi connectivity index (χ0v) is 11.6. The molecule has 0 atom stereocenters. The van der Waals surface area contributed by atoms with Crippen LogP contribution in [-0.2, 0) is 16.8 Å². The molecular weight excluding hydrogens is 254 g/mol. The zero-order valence-electron chi connectivity index (χ0n) is 10.8. The third-order valence-corrected chi connectivity index (χ3v) is 3.93. The SMILES string of the molecule is CC(=O)c1ccc[n+](CCNS(=O)(=O)N(C)C)c1. The van der Waals surface area contributed by atoms with E-state index in [2.05, 4.69) is 4.72 Å². The number of hydrogen-bond donors (Lipinski definition) is 1. The molecule has 6 nitrogen and oxygen atoms in total. The molecule has 0 radical (unpaired) electrons. The minimum atomic E-state index is -3.39. The van der Waals surface area contributed by atoms with Crippen molar-refractivity contribution in [3.05, 3.63) is 30.1 Å². The fraction of sp³-hybridized carbons (Fsp3) is 0.455. The summed E-state index contributed by atoms with van der Waals surface area (Å²) < 4.78 is 28.2. The highest BCUT2D eigenvalue weighted by atomic mass is 32.2. The normalized spacial score (nSPS) is 11.8. The molecule has 0 aromatic carbocycles. The Kier molecular flexibility index (Phi) is 4.94. The summed E-state index contributed by atoms with van der Waals surface area (Å²) in [5.74, 6) is -0.0155. The molecule has 0 saturated heterocycles. The maximum atomic E-state index is 11.4. The van der Waals surface area contributed by atoms with Crippen LogP contribution in [0.15, 0.2) is 24.5 Å². The number of hydrogen-bond acceptors (Lipinski definition) is 3. The molecule has 0 aliphatic heterocycles. The van der Waals surface area contributed by atoms with Crippen molar-refractivity contribution in [1.82, 2.24) is 9.03 Å². The number of rotatable bonds is 6. The second-order valence-corrected chi connectivity index (χ2v) is 6.04. The van der Waals surface area contributed by atoms with Crippen molar-refractivity contribution in [2.75, 3.05) is 20.6 Å². The van der Waals surface area contributed by atoms with Crippen molar-refractivity contribution in [2.24, 2.45) is 0 Å². The Morgan fingerprint density at radius 1 is 1.44 bits per heavy atom. The molecule has 1 aromatic heterocycles. The van der Waals surface area contributed by atoms with Crippen LogP contribution < -0.4 is 9.29 Å². The van der Waals surface area contributed by atoms with Gasteiger partial charge in [-0.05, 0) is 13.0 Å². The quantitative estimate of drug-likeness (QED) is 0.564. The molecular formula is C11H18N3O3S+. The van der Waals surface area contributed by atoms with Gasteiger partial charge in [0.25, 0.3) is 10.2 Å². The number of ketones is 1. The minimum Gasteiger partial charge on any atom is -0.294 e. The van der Waals surface area contributed by atoms with E-state index in [-0.39, 0.29) is 12.3 Å². The van der Waals surface area contributed by atoms with Crippen molar-refractivity contribution in [2.45, 2.75) is 13.5 Å². The third kappa shape index (κ3) is 4.17. The van der Waals surface area contributed by atoms with Gasteiger partial charge in [0.15, 0.2) is 24.7 Å². The molecule has 0 amide bonds. The lowest BCUT2D eigenvalue weighted by Crippen LogP contribution is -2.43. The monoisotopic (exact) mass is 272 g/mol. The van der Waals surface area contributed by atoms with Gasteiger partial charge in [0.05, 0.1) is 12.1 Å². The summed E-state index contributed by atoms with van der Waals surface area (Å²) in [7, 11) is -0.463. The third-order valence-electron chi connectivity index (χ3n) is 2.40. The topological polar surface area (TPSA) is 70.4 Å². The van der Waals surface area contributed by atoms with E-state index in [1.54, 1.807) is 29.1 Å². The second kappa shape index (κ2) is 6.03. The first-order chi connectivity index (χ1) is 8.33. The van der Waals surface area contributed by atoms with Crippen LogP contribution in [-0.4, -0.2) is 39.1 Å². The van der Waals surface area contributed by atoms with Gasteiger partial charge < -0.3 is 0 Å². The Hall–Kier alpha value is -1.31. The smallest absolute Gasteiger partial charge is 0.279 e. The van der Waals surface area contributed by atoms with Crippen LogP contribution in [0.5, 0.6) is 0 Å². The molecule has 1 aromatic rings. The number of nitrogens with zero attached hydrogens (tertiary/aromatic N) is 2. The Balaban J connectivity index is 2.60. The lowest BCUT2D eigenvalue weighted by molar-refractivity contribution is -0.694. The van der Waals surface area contributed by atoms with E-state index in [0.29, 0.717) is 12.1 Å². The molecule has 0 aliphatic carbocycles. The maximum absolute atomic E-state index is 11.4. The zero-order chi connectivity index (χ0) is 13.8. The first kappa shape index (κ1) is 14.7. The van der Waals surface area contributed by atoms with Crippen molar-refractivity contribution >= 4 is 16.0 Å². The molecule has 1 heterocycles. The average molecular weight is 272 g/mol. The molecule has 18 heavy (non-hydrogen) atoms. The van der Waals surface area contributed by atoms with Gasteiger partial charge in [-0.2, -0.15) is 17.4 Å². The van der Waals surface area contributed by atoms with Crippen molar-refractivity contribution in [1.29, 1.82) is 0 Å². The van der Waals surface area contributed by atoms with Gasteiger partial charge in [0, 0.05) is 20.2 Å². The van der Waals surface area contributed by atoms with Crippen LogP contribution in [0.1, 0.15) is 17.3 Å². The number of pyridine rings is 1. The van der Waals surface area contributed by atoms with E-state index < -0.39 is 10.2 Å². The summed E-state index contributed by atoms with van der Waals surface area (Å²) in [5.41, 5.74) is 0.605. The largest absolute Gasteiger partial charge is 0.294 e. The standard InChI is InChI=1S/C11H18N3O3S/c1-10(15)11-5-4-7-14(9-11)8-6-12-18(16,17)13(2)3/h4-5,7,9,12H,6,8H2,1-3H3/q+1. The summed E-state index contributed by atoms with van der Waals surface area (Å²) in [6.07, 6.45) is 3.49. The summed E-state index contributed by atoms with van der Waals surface area (Å²) in [5, 5.41) is 0. The summed E-state index contributed by atoms with van der Waals surface area (Å²) in [6, 6.07) is 3.49. The van der Waals surface area contributed by atoms with Crippen LogP contribution in [0.4, 0.5) is 0 Å². The number of nitrogens with one attached hydrogen (secondary N) is 1. The predicted molar refractivity (Wildman–Crippen MR) is 67.3 cm³/mol. The van der Waals surface area contributed by atoms with Crippen molar-refractivity contribution < 1.29 is 17.8 Å². The van der Waals surface area contributed by atoms with Gasteiger partial charge >= 0.3 is 0 Å². The van der Waals surface area contributed by atoms with Gasteiger partial charge in [-0.25, -0.2) is 4.57 Å². The maximum Gasteiger partial charge on any atom is 0.279 e. The highest BCUT2D eigenvalue weighted by Crippen LogP contribution is 1.95. The predicted octanol–water partition coefficient (Wildman–Crippen LogP) is -0.427. The van der Waals surface area contributed by atoms with E-state index >= 15 is 0 Å². The van der Waals surface area contributed by atoms with Gasteiger partial charge in [0.1, 0.15) is 0 Å².